The van der Waals surface area contributed by atoms with E-state index in [4.69, 9.17) is 0 Å². The van der Waals surface area contributed by atoms with Crippen molar-refractivity contribution in [2.24, 2.45) is 0 Å². The van der Waals surface area contributed by atoms with Crippen LogP contribution in [0.5, 0.6) is 5.75 Å². The number of nitrogens with zero attached hydrogens (tertiary/aromatic N) is 1. The highest BCUT2D eigenvalue weighted by molar-refractivity contribution is 5.34. The van der Waals surface area contributed by atoms with Crippen LogP contribution in [0.2, 0.25) is 0 Å². The Morgan fingerprint density at radius 1 is 1.35 bits per heavy atom. The highest BCUT2D eigenvalue weighted by atomic mass is 16.3. The first kappa shape index (κ1) is 15.3. The molecule has 2 N–H and O–H groups in total. The van der Waals surface area contributed by atoms with E-state index < -0.39 is 0 Å². The standard InChI is InChI=1S/C17H28N2O/c1-3-12-19(14-8-7-11-18-13-14)16(4-2)15-9-5-6-10-17(15)20/h5-6,9-10,14,16,18,20H,3-4,7-8,11-13H2,1-2H3. The minimum Gasteiger partial charge on any atom is -0.508 e. The lowest BCUT2D eigenvalue weighted by molar-refractivity contribution is 0.107. The van der Waals surface area contributed by atoms with Crippen LogP contribution in [0.15, 0.2) is 24.3 Å². The van der Waals surface area contributed by atoms with E-state index in [1.54, 1.807) is 6.07 Å². The van der Waals surface area contributed by atoms with Gasteiger partial charge in [0.15, 0.2) is 0 Å². The summed E-state index contributed by atoms with van der Waals surface area (Å²) in [7, 11) is 0. The minimum atomic E-state index is 0.320. The summed E-state index contributed by atoms with van der Waals surface area (Å²) in [5.74, 6) is 0.434. The molecule has 3 heteroatoms. The van der Waals surface area contributed by atoms with E-state index >= 15 is 0 Å². The van der Waals surface area contributed by atoms with Gasteiger partial charge < -0.3 is 10.4 Å². The molecule has 2 atom stereocenters. The molecule has 1 heterocycles. The maximum absolute atomic E-state index is 10.2. The number of rotatable bonds is 6. The Morgan fingerprint density at radius 3 is 2.75 bits per heavy atom. The second kappa shape index (κ2) is 7.65. The predicted molar refractivity (Wildman–Crippen MR) is 84.0 cm³/mol. The molecule has 0 spiro atoms. The van der Waals surface area contributed by atoms with Gasteiger partial charge in [-0.25, -0.2) is 0 Å². The molecule has 0 saturated carbocycles. The zero-order valence-electron chi connectivity index (χ0n) is 12.8. The van der Waals surface area contributed by atoms with Crippen LogP contribution in [0.3, 0.4) is 0 Å². The third-order valence-electron chi connectivity index (χ3n) is 4.30. The molecule has 1 fully saturated rings. The predicted octanol–water partition coefficient (Wildman–Crippen LogP) is 3.31. The first-order chi connectivity index (χ1) is 9.77. The number of benzene rings is 1. The first-order valence-electron chi connectivity index (χ1n) is 8.02. The van der Waals surface area contributed by atoms with Crippen molar-refractivity contribution in [2.45, 2.75) is 51.6 Å². The van der Waals surface area contributed by atoms with E-state index in [0.717, 1.165) is 38.0 Å². The molecule has 1 saturated heterocycles. The highest BCUT2D eigenvalue weighted by Crippen LogP contribution is 2.33. The van der Waals surface area contributed by atoms with E-state index in [1.807, 2.05) is 12.1 Å². The molecular weight excluding hydrogens is 248 g/mol. The zero-order valence-corrected chi connectivity index (χ0v) is 12.8. The van der Waals surface area contributed by atoms with E-state index in [1.165, 1.54) is 12.8 Å². The summed E-state index contributed by atoms with van der Waals surface area (Å²) in [6.07, 6.45) is 4.70. The highest BCUT2D eigenvalue weighted by Gasteiger charge is 2.28. The lowest BCUT2D eigenvalue weighted by atomic mass is 9.96. The molecule has 0 amide bonds. The van der Waals surface area contributed by atoms with E-state index in [9.17, 15) is 5.11 Å². The monoisotopic (exact) mass is 276 g/mol. The number of aromatic hydroxyl groups is 1. The summed E-state index contributed by atoms with van der Waals surface area (Å²) < 4.78 is 0. The fourth-order valence-corrected chi connectivity index (χ4v) is 3.37. The van der Waals surface area contributed by atoms with Crippen LogP contribution >= 0.6 is 0 Å². The van der Waals surface area contributed by atoms with Crippen LogP contribution in [0.25, 0.3) is 0 Å². The molecule has 112 valence electrons. The van der Waals surface area contributed by atoms with Gasteiger partial charge in [-0.15, -0.1) is 0 Å². The van der Waals surface area contributed by atoms with Crippen molar-refractivity contribution in [3.8, 4) is 5.75 Å². The Balaban J connectivity index is 2.22. The van der Waals surface area contributed by atoms with Crippen molar-refractivity contribution in [2.75, 3.05) is 19.6 Å². The van der Waals surface area contributed by atoms with Crippen molar-refractivity contribution in [1.29, 1.82) is 0 Å². The molecule has 1 aromatic carbocycles. The average Bonchev–Trinajstić information content (AvgIpc) is 2.50. The number of nitrogens with one attached hydrogen (secondary N) is 1. The molecule has 1 aromatic rings. The molecule has 3 nitrogen and oxygen atoms in total. The molecule has 20 heavy (non-hydrogen) atoms. The summed E-state index contributed by atoms with van der Waals surface area (Å²) in [6, 6.07) is 8.72. The number of phenols is 1. The molecular formula is C17H28N2O. The molecule has 2 rings (SSSR count). The van der Waals surface area contributed by atoms with Gasteiger partial charge in [-0.1, -0.05) is 32.0 Å². The van der Waals surface area contributed by atoms with Crippen molar-refractivity contribution in [3.05, 3.63) is 29.8 Å². The van der Waals surface area contributed by atoms with Gasteiger partial charge >= 0.3 is 0 Å². The van der Waals surface area contributed by atoms with Gasteiger partial charge in [0.1, 0.15) is 5.75 Å². The molecule has 0 aliphatic carbocycles. The van der Waals surface area contributed by atoms with Crippen molar-refractivity contribution in [1.82, 2.24) is 10.2 Å². The number of piperidine rings is 1. The van der Waals surface area contributed by atoms with Gasteiger partial charge in [0.2, 0.25) is 0 Å². The summed E-state index contributed by atoms with van der Waals surface area (Å²) in [5.41, 5.74) is 1.08. The summed E-state index contributed by atoms with van der Waals surface area (Å²) in [4.78, 5) is 2.60. The second-order valence-electron chi connectivity index (χ2n) is 5.72. The van der Waals surface area contributed by atoms with E-state index in [0.29, 0.717) is 17.8 Å². The summed E-state index contributed by atoms with van der Waals surface area (Å²) in [5, 5.41) is 13.7. The van der Waals surface area contributed by atoms with Gasteiger partial charge in [-0.05, 0) is 44.8 Å². The van der Waals surface area contributed by atoms with Crippen LogP contribution in [0.1, 0.15) is 51.1 Å². The fraction of sp³-hybridized carbons (Fsp3) is 0.647. The van der Waals surface area contributed by atoms with Crippen LogP contribution in [0.4, 0.5) is 0 Å². The number of phenolic OH excluding ortho intramolecular Hbond substituents is 1. The van der Waals surface area contributed by atoms with Gasteiger partial charge in [0.05, 0.1) is 0 Å². The minimum absolute atomic E-state index is 0.320. The number of hydrogen-bond acceptors (Lipinski definition) is 3. The van der Waals surface area contributed by atoms with E-state index in [2.05, 4.69) is 30.1 Å². The third kappa shape index (κ3) is 3.53. The fourth-order valence-electron chi connectivity index (χ4n) is 3.37. The summed E-state index contributed by atoms with van der Waals surface area (Å²) in [6.45, 7) is 7.77. The average molecular weight is 276 g/mol. The maximum atomic E-state index is 10.2. The maximum Gasteiger partial charge on any atom is 0.120 e. The SMILES string of the molecule is CCCN(C1CCCNC1)C(CC)c1ccccc1O. The third-order valence-corrected chi connectivity index (χ3v) is 4.30. The Hall–Kier alpha value is -1.06. The van der Waals surface area contributed by atoms with Gasteiger partial charge in [0, 0.05) is 24.2 Å². The topological polar surface area (TPSA) is 35.5 Å². The van der Waals surface area contributed by atoms with Crippen LogP contribution < -0.4 is 5.32 Å². The van der Waals surface area contributed by atoms with Gasteiger partial charge in [0.25, 0.3) is 0 Å². The Kier molecular flexibility index (Phi) is 5.86. The van der Waals surface area contributed by atoms with E-state index in [-0.39, 0.29) is 0 Å². The van der Waals surface area contributed by atoms with Crippen LogP contribution in [-0.2, 0) is 0 Å². The molecule has 0 radical (unpaired) electrons. The summed E-state index contributed by atoms with van der Waals surface area (Å²) >= 11 is 0. The second-order valence-corrected chi connectivity index (χ2v) is 5.72. The van der Waals surface area contributed by atoms with Gasteiger partial charge in [-0.3, -0.25) is 4.90 Å². The van der Waals surface area contributed by atoms with Crippen molar-refractivity contribution in [3.63, 3.8) is 0 Å². The molecule has 0 aromatic heterocycles. The molecule has 2 unspecified atom stereocenters. The van der Waals surface area contributed by atoms with Gasteiger partial charge in [-0.2, -0.15) is 0 Å². The zero-order chi connectivity index (χ0) is 14.4. The first-order valence-corrected chi connectivity index (χ1v) is 8.02. The smallest absolute Gasteiger partial charge is 0.120 e. The number of hydrogen-bond donors (Lipinski definition) is 2. The lowest BCUT2D eigenvalue weighted by Gasteiger charge is -2.40. The Morgan fingerprint density at radius 2 is 2.15 bits per heavy atom. The van der Waals surface area contributed by atoms with Crippen LogP contribution in [-0.4, -0.2) is 35.7 Å². The largest absolute Gasteiger partial charge is 0.508 e. The quantitative estimate of drug-likeness (QED) is 0.837. The molecule has 1 aliphatic heterocycles. The molecule has 1 aliphatic rings. The van der Waals surface area contributed by atoms with Crippen molar-refractivity contribution < 1.29 is 5.11 Å². The molecule has 0 bridgehead atoms. The Labute approximate surface area is 123 Å². The lowest BCUT2D eigenvalue weighted by Crippen LogP contribution is -2.47. The Bertz CT molecular complexity index is 402. The normalized spacial score (nSPS) is 21.1. The van der Waals surface area contributed by atoms with Crippen LogP contribution in [0, 0.1) is 0 Å². The number of para-hydroxylation sites is 1. The van der Waals surface area contributed by atoms with Crippen molar-refractivity contribution >= 4 is 0 Å².